The Bertz CT molecular complexity index is 691. The van der Waals surface area contributed by atoms with Gasteiger partial charge < -0.3 is 24.6 Å². The standard InChI is InChI=1S/C21H31ClN4O4/c22-18-3-1-4-19(15-18)25-7-9-26(10-8-25)21(28)17-30-16-20(27)23-5-2-6-24-11-13-29-14-12-24/h1,3-4,15H,2,5-14,16-17H2,(H,23,27). The number of ether oxygens (including phenoxy) is 2. The molecule has 1 aromatic rings. The van der Waals surface area contributed by atoms with E-state index in [1.165, 1.54) is 0 Å². The Morgan fingerprint density at radius 1 is 1.07 bits per heavy atom. The van der Waals surface area contributed by atoms with E-state index in [1.807, 2.05) is 24.3 Å². The van der Waals surface area contributed by atoms with Crippen molar-refractivity contribution in [3.05, 3.63) is 29.3 Å². The second-order valence-electron chi connectivity index (χ2n) is 7.50. The molecule has 0 saturated carbocycles. The molecule has 0 radical (unpaired) electrons. The predicted molar refractivity (Wildman–Crippen MR) is 116 cm³/mol. The van der Waals surface area contributed by atoms with E-state index in [1.54, 1.807) is 4.90 Å². The van der Waals surface area contributed by atoms with E-state index < -0.39 is 0 Å². The zero-order chi connectivity index (χ0) is 21.2. The lowest BCUT2D eigenvalue weighted by Crippen LogP contribution is -2.50. The van der Waals surface area contributed by atoms with Crippen LogP contribution in [0.3, 0.4) is 0 Å². The van der Waals surface area contributed by atoms with Crippen LogP contribution in [0.2, 0.25) is 5.02 Å². The molecule has 0 unspecified atom stereocenters. The van der Waals surface area contributed by atoms with Crippen molar-refractivity contribution in [1.82, 2.24) is 15.1 Å². The lowest BCUT2D eigenvalue weighted by atomic mass is 10.2. The molecule has 3 rings (SSSR count). The number of nitrogens with one attached hydrogen (secondary N) is 1. The third-order valence-corrected chi connectivity index (χ3v) is 5.58. The van der Waals surface area contributed by atoms with Gasteiger partial charge in [-0.2, -0.15) is 0 Å². The van der Waals surface area contributed by atoms with Gasteiger partial charge >= 0.3 is 0 Å². The number of carbonyl (C=O) groups excluding carboxylic acids is 2. The van der Waals surface area contributed by atoms with E-state index >= 15 is 0 Å². The van der Waals surface area contributed by atoms with Crippen LogP contribution in [0.4, 0.5) is 5.69 Å². The third-order valence-electron chi connectivity index (χ3n) is 5.34. The largest absolute Gasteiger partial charge is 0.379 e. The molecule has 2 aliphatic rings. The molecule has 0 aromatic heterocycles. The van der Waals surface area contributed by atoms with E-state index in [-0.39, 0.29) is 25.0 Å². The highest BCUT2D eigenvalue weighted by Crippen LogP contribution is 2.20. The Kier molecular flexibility index (Phi) is 9.20. The fourth-order valence-corrected chi connectivity index (χ4v) is 3.80. The molecule has 0 spiro atoms. The van der Waals surface area contributed by atoms with Crippen molar-refractivity contribution >= 4 is 29.1 Å². The van der Waals surface area contributed by atoms with Crippen LogP contribution in [-0.4, -0.2) is 100 Å². The fourth-order valence-electron chi connectivity index (χ4n) is 3.62. The van der Waals surface area contributed by atoms with Crippen LogP contribution in [-0.2, 0) is 19.1 Å². The Labute approximate surface area is 183 Å². The molecule has 2 saturated heterocycles. The summed E-state index contributed by atoms with van der Waals surface area (Å²) >= 11 is 6.05. The van der Waals surface area contributed by atoms with Crippen LogP contribution < -0.4 is 10.2 Å². The van der Waals surface area contributed by atoms with Gasteiger partial charge in [0.2, 0.25) is 11.8 Å². The normalized spacial score (nSPS) is 17.8. The monoisotopic (exact) mass is 438 g/mol. The molecule has 9 heteroatoms. The minimum absolute atomic E-state index is 0.0711. The first-order valence-corrected chi connectivity index (χ1v) is 10.9. The molecular weight excluding hydrogens is 408 g/mol. The van der Waals surface area contributed by atoms with Crippen molar-refractivity contribution < 1.29 is 19.1 Å². The maximum absolute atomic E-state index is 12.3. The number of rotatable bonds is 9. The first-order chi connectivity index (χ1) is 14.6. The molecule has 2 heterocycles. The third kappa shape index (κ3) is 7.43. The minimum Gasteiger partial charge on any atom is -0.379 e. The second-order valence-corrected chi connectivity index (χ2v) is 7.93. The number of hydrogen-bond acceptors (Lipinski definition) is 6. The van der Waals surface area contributed by atoms with Crippen LogP contribution in [0.15, 0.2) is 24.3 Å². The quantitative estimate of drug-likeness (QED) is 0.576. The van der Waals surface area contributed by atoms with E-state index in [4.69, 9.17) is 21.1 Å². The molecule has 2 amide bonds. The number of piperazine rings is 1. The number of nitrogens with zero attached hydrogens (tertiary/aromatic N) is 3. The maximum Gasteiger partial charge on any atom is 0.248 e. The SMILES string of the molecule is O=C(COCC(=O)N1CCN(c2cccc(Cl)c2)CC1)NCCCN1CCOCC1. The first kappa shape index (κ1) is 22.8. The Hall–Kier alpha value is -1.87. The summed E-state index contributed by atoms with van der Waals surface area (Å²) in [6.45, 7) is 7.61. The molecule has 0 bridgehead atoms. The van der Waals surface area contributed by atoms with Crippen LogP contribution in [0.25, 0.3) is 0 Å². The van der Waals surface area contributed by atoms with Crippen molar-refractivity contribution in [3.8, 4) is 0 Å². The first-order valence-electron chi connectivity index (χ1n) is 10.5. The minimum atomic E-state index is -0.185. The lowest BCUT2D eigenvalue weighted by molar-refractivity contribution is -0.138. The molecule has 0 atom stereocenters. The number of morpholine rings is 1. The number of benzene rings is 1. The van der Waals surface area contributed by atoms with Gasteiger partial charge in [0, 0.05) is 56.5 Å². The maximum atomic E-state index is 12.3. The molecule has 30 heavy (non-hydrogen) atoms. The van der Waals surface area contributed by atoms with Crippen LogP contribution in [0.5, 0.6) is 0 Å². The highest BCUT2D eigenvalue weighted by molar-refractivity contribution is 6.30. The zero-order valence-electron chi connectivity index (χ0n) is 17.4. The van der Waals surface area contributed by atoms with E-state index in [0.717, 1.165) is 58.0 Å². The van der Waals surface area contributed by atoms with Crippen LogP contribution >= 0.6 is 11.6 Å². The lowest BCUT2D eigenvalue weighted by Gasteiger charge is -2.36. The number of carbonyl (C=O) groups is 2. The predicted octanol–water partition coefficient (Wildman–Crippen LogP) is 0.844. The molecular formula is C21H31ClN4O4. The van der Waals surface area contributed by atoms with E-state index in [2.05, 4.69) is 15.1 Å². The van der Waals surface area contributed by atoms with Gasteiger partial charge in [-0.05, 0) is 31.2 Å². The van der Waals surface area contributed by atoms with E-state index in [0.29, 0.717) is 24.7 Å². The summed E-state index contributed by atoms with van der Waals surface area (Å²) < 4.78 is 10.6. The van der Waals surface area contributed by atoms with Gasteiger partial charge in [-0.1, -0.05) is 17.7 Å². The van der Waals surface area contributed by atoms with Gasteiger partial charge in [-0.15, -0.1) is 0 Å². The second kappa shape index (κ2) is 12.1. The van der Waals surface area contributed by atoms with Crippen LogP contribution in [0, 0.1) is 0 Å². The average Bonchev–Trinajstić information content (AvgIpc) is 2.77. The summed E-state index contributed by atoms with van der Waals surface area (Å²) in [6, 6.07) is 7.73. The summed E-state index contributed by atoms with van der Waals surface area (Å²) in [5.74, 6) is -0.267. The van der Waals surface area contributed by atoms with Gasteiger partial charge in [-0.25, -0.2) is 0 Å². The van der Waals surface area contributed by atoms with E-state index in [9.17, 15) is 9.59 Å². The highest BCUT2D eigenvalue weighted by Gasteiger charge is 2.21. The summed E-state index contributed by atoms with van der Waals surface area (Å²) in [7, 11) is 0. The van der Waals surface area contributed by atoms with Gasteiger partial charge in [0.1, 0.15) is 13.2 Å². The number of hydrogen-bond donors (Lipinski definition) is 1. The van der Waals surface area contributed by atoms with Crippen molar-refractivity contribution in [1.29, 1.82) is 0 Å². The number of halogens is 1. The van der Waals surface area contributed by atoms with Gasteiger partial charge in [0.25, 0.3) is 0 Å². The Morgan fingerprint density at radius 2 is 1.83 bits per heavy atom. The van der Waals surface area contributed by atoms with Crippen molar-refractivity contribution in [2.24, 2.45) is 0 Å². The van der Waals surface area contributed by atoms with Crippen molar-refractivity contribution in [2.75, 3.05) is 83.7 Å². The fraction of sp³-hybridized carbons (Fsp3) is 0.619. The summed E-state index contributed by atoms with van der Waals surface area (Å²) in [6.07, 6.45) is 0.890. The summed E-state index contributed by atoms with van der Waals surface area (Å²) in [4.78, 5) is 30.5. The zero-order valence-corrected chi connectivity index (χ0v) is 18.1. The summed E-state index contributed by atoms with van der Waals surface area (Å²) in [5, 5.41) is 3.55. The van der Waals surface area contributed by atoms with Gasteiger partial charge in [0.15, 0.2) is 0 Å². The van der Waals surface area contributed by atoms with Gasteiger partial charge in [-0.3, -0.25) is 14.5 Å². The Balaban J connectivity index is 1.24. The molecule has 1 N–H and O–H groups in total. The number of anilines is 1. The van der Waals surface area contributed by atoms with Crippen molar-refractivity contribution in [2.45, 2.75) is 6.42 Å². The average molecular weight is 439 g/mol. The molecule has 0 aliphatic carbocycles. The topological polar surface area (TPSA) is 74.4 Å². The van der Waals surface area contributed by atoms with Crippen molar-refractivity contribution in [3.63, 3.8) is 0 Å². The number of amides is 2. The molecule has 2 aliphatic heterocycles. The molecule has 2 fully saturated rings. The Morgan fingerprint density at radius 3 is 2.57 bits per heavy atom. The highest BCUT2D eigenvalue weighted by atomic mass is 35.5. The smallest absolute Gasteiger partial charge is 0.248 e. The molecule has 1 aromatic carbocycles. The summed E-state index contributed by atoms with van der Waals surface area (Å²) in [5.41, 5.74) is 1.07. The van der Waals surface area contributed by atoms with Crippen LogP contribution in [0.1, 0.15) is 6.42 Å². The van der Waals surface area contributed by atoms with Gasteiger partial charge in [0.05, 0.1) is 13.2 Å². The molecule has 166 valence electrons. The molecule has 8 nitrogen and oxygen atoms in total.